The van der Waals surface area contributed by atoms with Gasteiger partial charge in [-0.2, -0.15) is 13.2 Å². The molecule has 1 aromatic rings. The summed E-state index contributed by atoms with van der Waals surface area (Å²) in [5.41, 5.74) is 0.00861. The van der Waals surface area contributed by atoms with Crippen LogP contribution in [0.2, 0.25) is 0 Å². The van der Waals surface area contributed by atoms with Crippen LogP contribution in [0.3, 0.4) is 0 Å². The van der Waals surface area contributed by atoms with Crippen LogP contribution in [-0.4, -0.2) is 18.2 Å². The van der Waals surface area contributed by atoms with Crippen molar-refractivity contribution in [1.29, 1.82) is 0 Å². The summed E-state index contributed by atoms with van der Waals surface area (Å²) in [5.74, 6) is 0. The second-order valence-corrected chi connectivity index (χ2v) is 4.31. The molecule has 0 radical (unpaired) electrons. The van der Waals surface area contributed by atoms with Gasteiger partial charge in [0, 0.05) is 6.04 Å². The van der Waals surface area contributed by atoms with E-state index in [1.807, 2.05) is 12.2 Å². The quantitative estimate of drug-likeness (QED) is 0.868. The minimum atomic E-state index is -4.53. The molecule has 1 rings (SSSR count). The number of hydrogen-bond acceptors (Lipinski definition) is 1. The maximum absolute atomic E-state index is 12.9. The highest BCUT2D eigenvalue weighted by atomic mass is 19.4. The summed E-state index contributed by atoms with van der Waals surface area (Å²) in [4.78, 5) is 11.5. The summed E-state index contributed by atoms with van der Waals surface area (Å²) in [6.45, 7) is 3.56. The first kappa shape index (κ1) is 15.3. The van der Waals surface area contributed by atoms with Gasteiger partial charge in [0.25, 0.3) is 0 Å². The maximum Gasteiger partial charge on any atom is 0.412 e. The number of urea groups is 1. The van der Waals surface area contributed by atoms with E-state index >= 15 is 0 Å². The van der Waals surface area contributed by atoms with E-state index < -0.39 is 18.2 Å². The first-order chi connectivity index (χ1) is 8.84. The third kappa shape index (κ3) is 4.81. The minimum Gasteiger partial charge on any atom is -0.336 e. The van der Waals surface area contributed by atoms with Crippen molar-refractivity contribution in [2.24, 2.45) is 0 Å². The molecule has 0 aliphatic carbocycles. The van der Waals surface area contributed by atoms with Crippen LogP contribution in [-0.2, 0) is 0 Å². The average molecular weight is 274 g/mol. The Balaban J connectivity index is 2.80. The summed E-state index contributed by atoms with van der Waals surface area (Å²) in [7, 11) is 0. The van der Waals surface area contributed by atoms with Gasteiger partial charge in [-0.05, 0) is 18.9 Å². The maximum atomic E-state index is 12.9. The molecule has 106 valence electrons. The number of rotatable bonds is 4. The third-order valence-electron chi connectivity index (χ3n) is 2.73. The third-order valence-corrected chi connectivity index (χ3v) is 2.73. The molecule has 0 fully saturated rings. The van der Waals surface area contributed by atoms with Crippen LogP contribution in [0.5, 0.6) is 0 Å². The molecular formula is C13H17F3N2O. The largest absolute Gasteiger partial charge is 0.412 e. The number of halogens is 3. The molecule has 2 amide bonds. The predicted octanol–water partition coefficient (Wildman–Crippen LogP) is 3.39. The highest BCUT2D eigenvalue weighted by Gasteiger charge is 2.41. The summed E-state index contributed by atoms with van der Waals surface area (Å²) in [5, 5.41) is 4.42. The van der Waals surface area contributed by atoms with Gasteiger partial charge in [-0.15, -0.1) is 0 Å². The Labute approximate surface area is 110 Å². The zero-order valence-corrected chi connectivity index (χ0v) is 10.8. The first-order valence-corrected chi connectivity index (χ1v) is 6.03. The van der Waals surface area contributed by atoms with Crippen LogP contribution < -0.4 is 10.6 Å². The number of hydrogen-bond donors (Lipinski definition) is 2. The van der Waals surface area contributed by atoms with E-state index in [0.29, 0.717) is 6.42 Å². The standard InChI is InChI=1S/C13H17F3N2O/c1-3-9(2)17-12(19)18-11(13(14,15)16)10-7-5-4-6-8-10/h4-9,11H,3H2,1-2H3,(H2,17,18,19)/t9-,11+/m1/s1. The molecule has 2 N–H and O–H groups in total. The Kier molecular flexibility index (Phi) is 5.20. The van der Waals surface area contributed by atoms with Crippen LogP contribution in [0.4, 0.5) is 18.0 Å². The fourth-order valence-electron chi connectivity index (χ4n) is 1.50. The second kappa shape index (κ2) is 6.45. The Morgan fingerprint density at radius 3 is 2.26 bits per heavy atom. The zero-order valence-electron chi connectivity index (χ0n) is 10.8. The van der Waals surface area contributed by atoms with Gasteiger partial charge in [0.05, 0.1) is 0 Å². The molecule has 0 saturated carbocycles. The number of amides is 2. The number of carbonyl (C=O) groups excluding carboxylic acids is 1. The summed E-state index contributed by atoms with van der Waals surface area (Å²) < 4.78 is 38.8. The van der Waals surface area contributed by atoms with Gasteiger partial charge in [0.1, 0.15) is 0 Å². The molecule has 2 atom stereocenters. The first-order valence-electron chi connectivity index (χ1n) is 6.03. The zero-order chi connectivity index (χ0) is 14.5. The topological polar surface area (TPSA) is 41.1 Å². The molecule has 0 unspecified atom stereocenters. The molecule has 0 aliphatic rings. The monoisotopic (exact) mass is 274 g/mol. The van der Waals surface area contributed by atoms with Crippen molar-refractivity contribution in [2.45, 2.75) is 38.5 Å². The molecule has 0 bridgehead atoms. The fraction of sp³-hybridized carbons (Fsp3) is 0.462. The SMILES string of the molecule is CC[C@@H](C)NC(=O)N[C@@H](c1ccccc1)C(F)(F)F. The van der Waals surface area contributed by atoms with Crippen LogP contribution >= 0.6 is 0 Å². The van der Waals surface area contributed by atoms with Crippen molar-refractivity contribution >= 4 is 6.03 Å². The van der Waals surface area contributed by atoms with Crippen molar-refractivity contribution in [3.63, 3.8) is 0 Å². The van der Waals surface area contributed by atoms with Gasteiger partial charge in [0.15, 0.2) is 6.04 Å². The van der Waals surface area contributed by atoms with E-state index in [1.54, 1.807) is 13.0 Å². The summed E-state index contributed by atoms with van der Waals surface area (Å²) in [6.07, 6.45) is -3.89. The number of carbonyl (C=O) groups is 1. The number of benzene rings is 1. The van der Waals surface area contributed by atoms with Crippen molar-refractivity contribution in [1.82, 2.24) is 10.6 Å². The average Bonchev–Trinajstić information content (AvgIpc) is 2.35. The second-order valence-electron chi connectivity index (χ2n) is 4.31. The normalized spacial score (nSPS) is 14.6. The van der Waals surface area contributed by atoms with E-state index in [-0.39, 0.29) is 11.6 Å². The highest BCUT2D eigenvalue weighted by Crippen LogP contribution is 2.32. The summed E-state index contributed by atoms with van der Waals surface area (Å²) >= 11 is 0. The van der Waals surface area contributed by atoms with Gasteiger partial charge >= 0.3 is 12.2 Å². The van der Waals surface area contributed by atoms with Crippen molar-refractivity contribution < 1.29 is 18.0 Å². The molecule has 3 nitrogen and oxygen atoms in total. The lowest BCUT2D eigenvalue weighted by Crippen LogP contribution is -2.46. The molecule has 0 aromatic heterocycles. The van der Waals surface area contributed by atoms with Crippen molar-refractivity contribution in [3.05, 3.63) is 35.9 Å². The Morgan fingerprint density at radius 1 is 1.21 bits per heavy atom. The smallest absolute Gasteiger partial charge is 0.336 e. The lowest BCUT2D eigenvalue weighted by atomic mass is 10.1. The van der Waals surface area contributed by atoms with E-state index in [0.717, 1.165) is 0 Å². The molecular weight excluding hydrogens is 257 g/mol. The molecule has 19 heavy (non-hydrogen) atoms. The van der Waals surface area contributed by atoms with Crippen LogP contribution in [0.1, 0.15) is 31.9 Å². The van der Waals surface area contributed by atoms with Crippen LogP contribution in [0.25, 0.3) is 0 Å². The molecule has 0 aliphatic heterocycles. The fourth-order valence-corrected chi connectivity index (χ4v) is 1.50. The van der Waals surface area contributed by atoms with Gasteiger partial charge in [0.2, 0.25) is 0 Å². The highest BCUT2D eigenvalue weighted by molar-refractivity contribution is 5.74. The van der Waals surface area contributed by atoms with Gasteiger partial charge in [-0.3, -0.25) is 0 Å². The van der Waals surface area contributed by atoms with Gasteiger partial charge < -0.3 is 10.6 Å². The lowest BCUT2D eigenvalue weighted by Gasteiger charge is -2.23. The van der Waals surface area contributed by atoms with Crippen molar-refractivity contribution in [3.8, 4) is 0 Å². The Morgan fingerprint density at radius 2 is 1.79 bits per heavy atom. The lowest BCUT2D eigenvalue weighted by molar-refractivity contribution is -0.155. The van der Waals surface area contributed by atoms with Gasteiger partial charge in [-0.25, -0.2) is 4.79 Å². The Hall–Kier alpha value is -1.72. The van der Waals surface area contributed by atoms with Crippen molar-refractivity contribution in [2.75, 3.05) is 0 Å². The minimum absolute atomic E-state index is 0.00861. The van der Waals surface area contributed by atoms with E-state index in [1.165, 1.54) is 24.3 Å². The predicted molar refractivity (Wildman–Crippen MR) is 66.7 cm³/mol. The molecule has 1 aromatic carbocycles. The molecule has 0 spiro atoms. The molecule has 0 heterocycles. The summed E-state index contributed by atoms with van der Waals surface area (Å²) in [6, 6.07) is 4.30. The Bertz CT molecular complexity index is 406. The molecule has 0 saturated heterocycles. The van der Waals surface area contributed by atoms with Crippen LogP contribution in [0, 0.1) is 0 Å². The van der Waals surface area contributed by atoms with E-state index in [9.17, 15) is 18.0 Å². The van der Waals surface area contributed by atoms with E-state index in [4.69, 9.17) is 0 Å². The van der Waals surface area contributed by atoms with Gasteiger partial charge in [-0.1, -0.05) is 37.3 Å². The molecule has 6 heteroatoms. The number of nitrogens with one attached hydrogen (secondary N) is 2. The van der Waals surface area contributed by atoms with E-state index in [2.05, 4.69) is 5.32 Å². The van der Waals surface area contributed by atoms with Crippen LogP contribution in [0.15, 0.2) is 30.3 Å². The number of alkyl halides is 3.